The van der Waals surface area contributed by atoms with Gasteiger partial charge in [0.1, 0.15) is 0 Å². The number of hydrogen-bond acceptors (Lipinski definition) is 0. The summed E-state index contributed by atoms with van der Waals surface area (Å²) in [5.74, 6) is 0. The van der Waals surface area contributed by atoms with Crippen LogP contribution in [0.15, 0.2) is 54.6 Å². The van der Waals surface area contributed by atoms with Crippen molar-refractivity contribution in [3.8, 4) is 5.69 Å². The van der Waals surface area contributed by atoms with Gasteiger partial charge in [0, 0.05) is 25.9 Å². The molecule has 100 valence electrons. The summed E-state index contributed by atoms with van der Waals surface area (Å²) in [5.41, 5.74) is 5.09. The van der Waals surface area contributed by atoms with Crippen LogP contribution in [0.25, 0.3) is 22.7 Å². The monoisotopic (exact) mass is 373 g/mol. The molecule has 1 aromatic heterocycles. The number of benzene rings is 2. The standard InChI is InChI=1S/C18H16IN/c1-3-8-15-13(2)20(14-9-5-4-6-10-14)17-12-7-11-16(19)18(15)17/h3-12H,1-2H3/b8-3-. The largest absolute Gasteiger partial charge is 0.313 e. The second kappa shape index (κ2) is 5.44. The number of rotatable bonds is 2. The van der Waals surface area contributed by atoms with Crippen LogP contribution < -0.4 is 0 Å². The van der Waals surface area contributed by atoms with E-state index in [9.17, 15) is 0 Å². The Morgan fingerprint density at radius 2 is 1.75 bits per heavy atom. The van der Waals surface area contributed by atoms with E-state index in [0.29, 0.717) is 0 Å². The van der Waals surface area contributed by atoms with E-state index in [1.165, 1.54) is 31.4 Å². The van der Waals surface area contributed by atoms with Crippen LogP contribution in [-0.4, -0.2) is 4.57 Å². The molecule has 0 N–H and O–H groups in total. The van der Waals surface area contributed by atoms with Crippen molar-refractivity contribution in [3.63, 3.8) is 0 Å². The van der Waals surface area contributed by atoms with Gasteiger partial charge in [0.05, 0.1) is 5.52 Å². The first-order chi connectivity index (χ1) is 9.74. The van der Waals surface area contributed by atoms with Crippen molar-refractivity contribution in [2.45, 2.75) is 13.8 Å². The lowest BCUT2D eigenvalue weighted by atomic mass is 10.1. The van der Waals surface area contributed by atoms with E-state index in [-0.39, 0.29) is 0 Å². The normalized spacial score (nSPS) is 11.6. The number of halogens is 1. The molecule has 2 heteroatoms. The Labute approximate surface area is 133 Å². The third-order valence-electron chi connectivity index (χ3n) is 3.57. The summed E-state index contributed by atoms with van der Waals surface area (Å²) in [6.45, 7) is 4.26. The highest BCUT2D eigenvalue weighted by atomic mass is 127. The summed E-state index contributed by atoms with van der Waals surface area (Å²) in [4.78, 5) is 0. The predicted molar refractivity (Wildman–Crippen MR) is 95.4 cm³/mol. The Bertz CT molecular complexity index is 782. The molecule has 1 nitrogen and oxygen atoms in total. The molecule has 0 aliphatic rings. The molecule has 1 heterocycles. The lowest BCUT2D eigenvalue weighted by Crippen LogP contribution is -1.96. The lowest BCUT2D eigenvalue weighted by molar-refractivity contribution is 1.05. The van der Waals surface area contributed by atoms with Gasteiger partial charge in [-0.3, -0.25) is 0 Å². The second-order valence-corrected chi connectivity index (χ2v) is 5.97. The fraction of sp³-hybridized carbons (Fsp3) is 0.111. The summed E-state index contributed by atoms with van der Waals surface area (Å²) >= 11 is 2.43. The van der Waals surface area contributed by atoms with Crippen LogP contribution in [0, 0.1) is 10.5 Å². The zero-order valence-corrected chi connectivity index (χ0v) is 13.8. The third-order valence-corrected chi connectivity index (χ3v) is 4.47. The maximum Gasteiger partial charge on any atom is 0.0548 e. The van der Waals surface area contributed by atoms with Crippen molar-refractivity contribution in [2.75, 3.05) is 0 Å². The Kier molecular flexibility index (Phi) is 3.66. The van der Waals surface area contributed by atoms with Gasteiger partial charge < -0.3 is 4.57 Å². The zero-order chi connectivity index (χ0) is 14.1. The van der Waals surface area contributed by atoms with Crippen LogP contribution in [0.2, 0.25) is 0 Å². The molecule has 2 aromatic carbocycles. The first kappa shape index (κ1) is 13.4. The molecular formula is C18H16IN. The first-order valence-electron chi connectivity index (χ1n) is 6.71. The summed E-state index contributed by atoms with van der Waals surface area (Å²) in [6, 6.07) is 17.0. The second-order valence-electron chi connectivity index (χ2n) is 4.80. The van der Waals surface area contributed by atoms with Crippen LogP contribution in [-0.2, 0) is 0 Å². The fourth-order valence-electron chi connectivity index (χ4n) is 2.73. The minimum Gasteiger partial charge on any atom is -0.313 e. The minimum atomic E-state index is 1.22. The lowest BCUT2D eigenvalue weighted by Gasteiger charge is -2.08. The van der Waals surface area contributed by atoms with Crippen molar-refractivity contribution in [2.24, 2.45) is 0 Å². The highest BCUT2D eigenvalue weighted by molar-refractivity contribution is 14.1. The highest BCUT2D eigenvalue weighted by Crippen LogP contribution is 2.33. The van der Waals surface area contributed by atoms with Crippen molar-refractivity contribution >= 4 is 39.6 Å². The molecule has 0 bridgehead atoms. The van der Waals surface area contributed by atoms with Gasteiger partial charge in [-0.2, -0.15) is 0 Å². The SMILES string of the molecule is C/C=C\c1c(C)n(-c2ccccc2)c2cccc(I)c12. The predicted octanol–water partition coefficient (Wildman–Crippen LogP) is 5.58. The Morgan fingerprint density at radius 1 is 1.00 bits per heavy atom. The summed E-state index contributed by atoms with van der Waals surface area (Å²) in [6.07, 6.45) is 4.32. The van der Waals surface area contributed by atoms with Gasteiger partial charge in [0.15, 0.2) is 0 Å². The van der Waals surface area contributed by atoms with E-state index in [4.69, 9.17) is 0 Å². The molecular weight excluding hydrogens is 357 g/mol. The van der Waals surface area contributed by atoms with Crippen LogP contribution in [0.1, 0.15) is 18.2 Å². The van der Waals surface area contributed by atoms with Gasteiger partial charge in [-0.05, 0) is 60.7 Å². The van der Waals surface area contributed by atoms with E-state index in [1.807, 2.05) is 0 Å². The number of nitrogens with zero attached hydrogens (tertiary/aromatic N) is 1. The Hall–Kier alpha value is -1.55. The molecule has 0 aliphatic heterocycles. The summed E-state index contributed by atoms with van der Waals surface area (Å²) in [7, 11) is 0. The molecule has 0 amide bonds. The average Bonchev–Trinajstić information content (AvgIpc) is 2.74. The van der Waals surface area contributed by atoms with Crippen molar-refractivity contribution in [1.29, 1.82) is 0 Å². The number of allylic oxidation sites excluding steroid dienone is 1. The molecule has 0 saturated heterocycles. The smallest absolute Gasteiger partial charge is 0.0548 e. The number of fused-ring (bicyclic) bond motifs is 1. The molecule has 0 unspecified atom stereocenters. The van der Waals surface area contributed by atoms with Crippen molar-refractivity contribution in [3.05, 3.63) is 69.4 Å². The third kappa shape index (κ3) is 2.08. The van der Waals surface area contributed by atoms with Crippen LogP contribution in [0.3, 0.4) is 0 Å². The summed E-state index contributed by atoms with van der Waals surface area (Å²) in [5, 5.41) is 1.34. The molecule has 0 spiro atoms. The van der Waals surface area contributed by atoms with Gasteiger partial charge in [-0.1, -0.05) is 36.4 Å². The summed E-state index contributed by atoms with van der Waals surface area (Å²) < 4.78 is 3.64. The van der Waals surface area contributed by atoms with E-state index in [0.717, 1.165) is 0 Å². The van der Waals surface area contributed by atoms with Crippen LogP contribution in [0.5, 0.6) is 0 Å². The van der Waals surface area contributed by atoms with Gasteiger partial charge in [0.25, 0.3) is 0 Å². The van der Waals surface area contributed by atoms with Gasteiger partial charge in [-0.25, -0.2) is 0 Å². The van der Waals surface area contributed by atoms with Crippen molar-refractivity contribution in [1.82, 2.24) is 4.57 Å². The topological polar surface area (TPSA) is 4.93 Å². The number of hydrogen-bond donors (Lipinski definition) is 0. The first-order valence-corrected chi connectivity index (χ1v) is 7.79. The molecule has 3 aromatic rings. The molecule has 0 atom stereocenters. The molecule has 0 aliphatic carbocycles. The van der Waals surface area contributed by atoms with E-state index < -0.39 is 0 Å². The fourth-order valence-corrected chi connectivity index (χ4v) is 3.50. The highest BCUT2D eigenvalue weighted by Gasteiger charge is 2.15. The van der Waals surface area contributed by atoms with Gasteiger partial charge in [0.2, 0.25) is 0 Å². The maximum absolute atomic E-state index is 2.43. The minimum absolute atomic E-state index is 1.22. The van der Waals surface area contributed by atoms with Gasteiger partial charge >= 0.3 is 0 Å². The number of para-hydroxylation sites is 1. The molecule has 3 rings (SSSR count). The average molecular weight is 373 g/mol. The van der Waals surface area contributed by atoms with Gasteiger partial charge in [-0.15, -0.1) is 0 Å². The Balaban J connectivity index is 2.44. The quantitative estimate of drug-likeness (QED) is 0.517. The molecule has 0 saturated carbocycles. The molecule has 0 fully saturated rings. The van der Waals surface area contributed by atoms with Crippen LogP contribution in [0.4, 0.5) is 0 Å². The zero-order valence-electron chi connectivity index (χ0n) is 11.6. The van der Waals surface area contributed by atoms with E-state index in [2.05, 4.69) is 102 Å². The molecule has 0 radical (unpaired) electrons. The van der Waals surface area contributed by atoms with Crippen LogP contribution >= 0.6 is 22.6 Å². The van der Waals surface area contributed by atoms with Crippen molar-refractivity contribution < 1.29 is 0 Å². The molecule has 20 heavy (non-hydrogen) atoms. The maximum atomic E-state index is 2.43. The Morgan fingerprint density at radius 3 is 2.45 bits per heavy atom. The number of aromatic nitrogens is 1. The van der Waals surface area contributed by atoms with E-state index in [1.54, 1.807) is 0 Å². The van der Waals surface area contributed by atoms with E-state index >= 15 is 0 Å².